The Morgan fingerprint density at radius 2 is 1.96 bits per heavy atom. The molecule has 1 amide bonds. The molecule has 1 aliphatic rings. The molecule has 0 radical (unpaired) electrons. The van der Waals surface area contributed by atoms with Crippen LogP contribution in [0.25, 0.3) is 0 Å². The number of carbonyl (C=O) groups is 1. The second-order valence-corrected chi connectivity index (χ2v) is 7.41. The summed E-state index contributed by atoms with van der Waals surface area (Å²) in [7, 11) is 0. The zero-order valence-corrected chi connectivity index (χ0v) is 15.7. The lowest BCUT2D eigenvalue weighted by Gasteiger charge is -2.11. The average molecular weight is 372 g/mol. The van der Waals surface area contributed by atoms with Crippen LogP contribution in [0.15, 0.2) is 59.5 Å². The van der Waals surface area contributed by atoms with Gasteiger partial charge in [-0.1, -0.05) is 18.2 Å². The highest BCUT2D eigenvalue weighted by Gasteiger charge is 2.16. The van der Waals surface area contributed by atoms with Gasteiger partial charge in [-0.15, -0.1) is 11.8 Å². The first-order chi connectivity index (χ1) is 12.8. The summed E-state index contributed by atoms with van der Waals surface area (Å²) in [6.45, 7) is 2.08. The first-order valence-electron chi connectivity index (χ1n) is 9.12. The Labute approximate surface area is 159 Å². The van der Waals surface area contributed by atoms with Crippen LogP contribution in [0.1, 0.15) is 29.6 Å². The molecule has 5 heteroatoms. The highest BCUT2D eigenvalue weighted by Crippen LogP contribution is 2.18. The van der Waals surface area contributed by atoms with Gasteiger partial charge in [0.2, 0.25) is 0 Å². The molecule has 138 valence electrons. The maximum atomic E-state index is 12.2. The van der Waals surface area contributed by atoms with Crippen LogP contribution in [-0.2, 0) is 4.74 Å². The number of nitrogens with one attached hydrogen (secondary N) is 1. The average Bonchev–Trinajstić information content (AvgIpc) is 3.21. The maximum Gasteiger partial charge on any atom is 0.251 e. The second-order valence-electron chi connectivity index (χ2n) is 6.24. The fourth-order valence-electron chi connectivity index (χ4n) is 2.75. The zero-order valence-electron chi connectivity index (χ0n) is 14.9. The van der Waals surface area contributed by atoms with E-state index >= 15 is 0 Å². The van der Waals surface area contributed by atoms with Crippen molar-refractivity contribution < 1.29 is 14.3 Å². The molecule has 3 rings (SSSR count). The van der Waals surface area contributed by atoms with Crippen LogP contribution in [0.2, 0.25) is 0 Å². The Morgan fingerprint density at radius 3 is 2.69 bits per heavy atom. The van der Waals surface area contributed by atoms with Gasteiger partial charge in [0, 0.05) is 23.6 Å². The van der Waals surface area contributed by atoms with E-state index in [1.807, 2.05) is 42.1 Å². The van der Waals surface area contributed by atoms with Crippen LogP contribution >= 0.6 is 11.8 Å². The zero-order chi connectivity index (χ0) is 18.0. The summed E-state index contributed by atoms with van der Waals surface area (Å²) in [5.41, 5.74) is 0.658. The fourth-order valence-corrected chi connectivity index (χ4v) is 3.62. The minimum absolute atomic E-state index is 0.0413. The molecule has 2 aromatic carbocycles. The molecule has 1 fully saturated rings. The fraction of sp³-hybridized carbons (Fsp3) is 0.381. The number of amides is 1. The molecule has 1 unspecified atom stereocenters. The van der Waals surface area contributed by atoms with Crippen molar-refractivity contribution in [3.05, 3.63) is 60.2 Å². The Balaban J connectivity index is 1.33. The van der Waals surface area contributed by atoms with E-state index in [-0.39, 0.29) is 12.0 Å². The normalized spacial score (nSPS) is 16.4. The van der Waals surface area contributed by atoms with E-state index in [0.29, 0.717) is 18.7 Å². The summed E-state index contributed by atoms with van der Waals surface area (Å²) in [6.07, 6.45) is 3.31. The van der Waals surface area contributed by atoms with Gasteiger partial charge in [-0.25, -0.2) is 0 Å². The monoisotopic (exact) mass is 371 g/mol. The van der Waals surface area contributed by atoms with E-state index in [9.17, 15) is 4.79 Å². The Morgan fingerprint density at radius 1 is 1.15 bits per heavy atom. The molecule has 1 aliphatic heterocycles. The van der Waals surface area contributed by atoms with Crippen LogP contribution in [-0.4, -0.2) is 37.5 Å². The van der Waals surface area contributed by atoms with Gasteiger partial charge in [-0.2, -0.15) is 0 Å². The molecular formula is C21H25NO3S. The predicted octanol–water partition coefficient (Wildman–Crippen LogP) is 4.16. The molecule has 0 aromatic heterocycles. The first kappa shape index (κ1) is 18.8. The van der Waals surface area contributed by atoms with E-state index in [0.717, 1.165) is 37.4 Å². The van der Waals surface area contributed by atoms with Crippen molar-refractivity contribution in [2.45, 2.75) is 30.3 Å². The van der Waals surface area contributed by atoms with Crippen LogP contribution in [0.5, 0.6) is 5.75 Å². The molecule has 1 atom stereocenters. The lowest BCUT2D eigenvalue weighted by molar-refractivity contribution is 0.0679. The molecule has 1 heterocycles. The molecule has 0 spiro atoms. The molecule has 0 aliphatic carbocycles. The maximum absolute atomic E-state index is 12.2. The number of hydrogen-bond acceptors (Lipinski definition) is 4. The summed E-state index contributed by atoms with van der Waals surface area (Å²) in [6, 6.07) is 17.6. The third-order valence-electron chi connectivity index (χ3n) is 4.19. The minimum Gasteiger partial charge on any atom is -0.491 e. The molecule has 1 saturated heterocycles. The van der Waals surface area contributed by atoms with Crippen molar-refractivity contribution in [1.29, 1.82) is 0 Å². The SMILES string of the molecule is O=C(NCCCSc1ccccc1)c1ccc(OCC2CCCO2)cc1. The Kier molecular flexibility index (Phi) is 7.40. The quantitative estimate of drug-likeness (QED) is 0.531. The van der Waals surface area contributed by atoms with Crippen molar-refractivity contribution in [2.75, 3.05) is 25.5 Å². The predicted molar refractivity (Wildman–Crippen MR) is 105 cm³/mol. The van der Waals surface area contributed by atoms with Crippen molar-refractivity contribution in [2.24, 2.45) is 0 Å². The lowest BCUT2D eigenvalue weighted by Crippen LogP contribution is -2.24. The standard InChI is InChI=1S/C21H25NO3S/c23-21(22-13-5-15-26-20-7-2-1-3-8-20)17-9-11-18(12-10-17)25-16-19-6-4-14-24-19/h1-3,7-12,19H,4-6,13-16H2,(H,22,23). The smallest absolute Gasteiger partial charge is 0.251 e. The Hall–Kier alpha value is -1.98. The Bertz CT molecular complexity index is 669. The molecule has 1 N–H and O–H groups in total. The molecule has 26 heavy (non-hydrogen) atoms. The number of carbonyl (C=O) groups excluding carboxylic acids is 1. The molecule has 2 aromatic rings. The largest absolute Gasteiger partial charge is 0.491 e. The van der Waals surface area contributed by atoms with Gasteiger partial charge in [0.25, 0.3) is 5.91 Å². The number of hydrogen-bond donors (Lipinski definition) is 1. The van der Waals surface area contributed by atoms with Gasteiger partial charge in [0.15, 0.2) is 0 Å². The minimum atomic E-state index is -0.0413. The van der Waals surface area contributed by atoms with Crippen molar-refractivity contribution >= 4 is 17.7 Å². The van der Waals surface area contributed by atoms with Gasteiger partial charge in [-0.3, -0.25) is 4.79 Å². The van der Waals surface area contributed by atoms with Crippen molar-refractivity contribution in [1.82, 2.24) is 5.32 Å². The molecule has 0 saturated carbocycles. The van der Waals surface area contributed by atoms with Crippen LogP contribution in [0.4, 0.5) is 0 Å². The number of benzene rings is 2. The summed E-state index contributed by atoms with van der Waals surface area (Å²) >= 11 is 1.81. The van der Waals surface area contributed by atoms with Gasteiger partial charge in [0.1, 0.15) is 12.4 Å². The van der Waals surface area contributed by atoms with E-state index in [2.05, 4.69) is 17.4 Å². The van der Waals surface area contributed by atoms with E-state index in [1.54, 1.807) is 12.1 Å². The highest BCUT2D eigenvalue weighted by atomic mass is 32.2. The number of thioether (sulfide) groups is 1. The lowest BCUT2D eigenvalue weighted by atomic mass is 10.2. The topological polar surface area (TPSA) is 47.6 Å². The van der Waals surface area contributed by atoms with E-state index < -0.39 is 0 Å². The number of ether oxygens (including phenoxy) is 2. The summed E-state index contributed by atoms with van der Waals surface area (Å²) in [5.74, 6) is 1.72. The summed E-state index contributed by atoms with van der Waals surface area (Å²) in [4.78, 5) is 13.4. The van der Waals surface area contributed by atoms with Crippen LogP contribution in [0.3, 0.4) is 0 Å². The van der Waals surface area contributed by atoms with Gasteiger partial charge in [0.05, 0.1) is 6.10 Å². The molecule has 0 bridgehead atoms. The van der Waals surface area contributed by atoms with Crippen LogP contribution in [0, 0.1) is 0 Å². The van der Waals surface area contributed by atoms with Crippen molar-refractivity contribution in [3.63, 3.8) is 0 Å². The highest BCUT2D eigenvalue weighted by molar-refractivity contribution is 7.99. The second kappa shape index (κ2) is 10.2. The van der Waals surface area contributed by atoms with E-state index in [4.69, 9.17) is 9.47 Å². The molecular weight excluding hydrogens is 346 g/mol. The third-order valence-corrected chi connectivity index (χ3v) is 5.29. The molecule has 4 nitrogen and oxygen atoms in total. The first-order valence-corrected chi connectivity index (χ1v) is 10.1. The summed E-state index contributed by atoms with van der Waals surface area (Å²) in [5, 5.41) is 2.97. The third kappa shape index (κ3) is 6.07. The van der Waals surface area contributed by atoms with E-state index in [1.165, 1.54) is 4.90 Å². The van der Waals surface area contributed by atoms with Crippen molar-refractivity contribution in [3.8, 4) is 5.75 Å². The van der Waals surface area contributed by atoms with Gasteiger partial charge >= 0.3 is 0 Å². The van der Waals surface area contributed by atoms with Gasteiger partial charge in [-0.05, 0) is 61.4 Å². The van der Waals surface area contributed by atoms with Gasteiger partial charge < -0.3 is 14.8 Å². The summed E-state index contributed by atoms with van der Waals surface area (Å²) < 4.78 is 11.3. The van der Waals surface area contributed by atoms with Crippen LogP contribution < -0.4 is 10.1 Å². The number of rotatable bonds is 9.